The minimum atomic E-state index is 0.160. The van der Waals surface area contributed by atoms with Gasteiger partial charge in [-0.15, -0.1) is 0 Å². The van der Waals surface area contributed by atoms with Crippen LogP contribution >= 0.6 is 0 Å². The maximum Gasteiger partial charge on any atom is 0.265 e. The minimum Gasteiger partial charge on any atom is -0.229 e. The van der Waals surface area contributed by atoms with Crippen molar-refractivity contribution in [2.75, 3.05) is 0 Å². The summed E-state index contributed by atoms with van der Waals surface area (Å²) in [6, 6.07) is 22.9. The zero-order valence-corrected chi connectivity index (χ0v) is 23.4. The lowest BCUT2D eigenvalue weighted by Crippen LogP contribution is -2.34. The molecular formula is C33H43N2+. The molecule has 0 atom stereocenters. The van der Waals surface area contributed by atoms with Gasteiger partial charge in [-0.3, -0.25) is 0 Å². The van der Waals surface area contributed by atoms with E-state index in [-0.39, 0.29) is 5.41 Å². The van der Waals surface area contributed by atoms with Crippen molar-refractivity contribution < 1.29 is 4.57 Å². The van der Waals surface area contributed by atoms with Crippen LogP contribution in [0.25, 0.3) is 27.8 Å². The Morgan fingerprint density at radius 2 is 1.23 bits per heavy atom. The number of rotatable bonds is 5. The molecule has 0 amide bonds. The molecule has 0 N–H and O–H groups in total. The Morgan fingerprint density at radius 1 is 0.686 bits per heavy atom. The van der Waals surface area contributed by atoms with Gasteiger partial charge in [-0.1, -0.05) is 98.7 Å². The molecule has 184 valence electrons. The van der Waals surface area contributed by atoms with E-state index in [4.69, 9.17) is 0 Å². The number of aromatic nitrogens is 2. The number of benzene rings is 3. The van der Waals surface area contributed by atoms with E-state index in [1.165, 1.54) is 50.4 Å². The molecule has 0 saturated carbocycles. The zero-order valence-electron chi connectivity index (χ0n) is 23.4. The molecule has 4 aromatic rings. The largest absolute Gasteiger partial charge is 0.265 e. The van der Waals surface area contributed by atoms with Gasteiger partial charge in [-0.05, 0) is 58.2 Å². The summed E-state index contributed by atoms with van der Waals surface area (Å²) in [6.07, 6.45) is 0. The maximum absolute atomic E-state index is 2.55. The van der Waals surface area contributed by atoms with Crippen LogP contribution in [0.2, 0.25) is 0 Å². The highest BCUT2D eigenvalue weighted by molar-refractivity contribution is 5.78. The lowest BCUT2D eigenvalue weighted by molar-refractivity contribution is -0.654. The maximum atomic E-state index is 2.55. The Bertz CT molecular complexity index is 1310. The Balaban J connectivity index is 2.04. The van der Waals surface area contributed by atoms with Crippen molar-refractivity contribution >= 4 is 11.0 Å². The van der Waals surface area contributed by atoms with Crippen molar-refractivity contribution in [2.24, 2.45) is 7.05 Å². The molecular weight excluding hydrogens is 424 g/mol. The van der Waals surface area contributed by atoms with Crippen molar-refractivity contribution in [1.82, 2.24) is 4.57 Å². The van der Waals surface area contributed by atoms with Crippen LogP contribution in [0.5, 0.6) is 0 Å². The molecule has 0 spiro atoms. The molecule has 0 radical (unpaired) electrons. The van der Waals surface area contributed by atoms with Gasteiger partial charge in [0.15, 0.2) is 11.0 Å². The van der Waals surface area contributed by atoms with Crippen molar-refractivity contribution in [3.63, 3.8) is 0 Å². The van der Waals surface area contributed by atoms with E-state index in [9.17, 15) is 0 Å². The molecule has 35 heavy (non-hydrogen) atoms. The van der Waals surface area contributed by atoms with Crippen molar-refractivity contribution in [2.45, 2.75) is 85.5 Å². The second kappa shape index (κ2) is 9.30. The van der Waals surface area contributed by atoms with E-state index in [0.29, 0.717) is 17.8 Å². The van der Waals surface area contributed by atoms with E-state index in [1.807, 2.05) is 0 Å². The third-order valence-corrected chi connectivity index (χ3v) is 7.29. The summed E-state index contributed by atoms with van der Waals surface area (Å²) in [5.74, 6) is 2.56. The summed E-state index contributed by atoms with van der Waals surface area (Å²) >= 11 is 0. The summed E-state index contributed by atoms with van der Waals surface area (Å²) in [4.78, 5) is 0. The number of hydrogen-bond acceptors (Lipinski definition) is 0. The second-order valence-corrected chi connectivity index (χ2v) is 12.0. The fourth-order valence-electron chi connectivity index (χ4n) is 5.36. The van der Waals surface area contributed by atoms with Crippen molar-refractivity contribution in [1.29, 1.82) is 0 Å². The smallest absolute Gasteiger partial charge is 0.229 e. The molecule has 3 aromatic carbocycles. The van der Waals surface area contributed by atoms with E-state index in [2.05, 4.69) is 139 Å². The highest BCUT2D eigenvalue weighted by atomic mass is 15.2. The summed E-state index contributed by atoms with van der Waals surface area (Å²) in [5.41, 5.74) is 10.9. The van der Waals surface area contributed by atoms with Gasteiger partial charge < -0.3 is 0 Å². The third-order valence-electron chi connectivity index (χ3n) is 7.29. The summed E-state index contributed by atoms with van der Waals surface area (Å²) in [7, 11) is 2.21. The number of hydrogen-bond donors (Lipinski definition) is 0. The van der Waals surface area contributed by atoms with Crippen LogP contribution < -0.4 is 4.57 Å². The van der Waals surface area contributed by atoms with E-state index in [0.717, 1.165) is 0 Å². The number of nitrogens with zero attached hydrogens (tertiary/aromatic N) is 2. The van der Waals surface area contributed by atoms with Crippen LogP contribution in [0.15, 0.2) is 60.7 Å². The first kappa shape index (κ1) is 25.2. The molecule has 0 aliphatic carbocycles. The van der Waals surface area contributed by atoms with Crippen molar-refractivity contribution in [3.8, 4) is 16.8 Å². The normalized spacial score (nSPS) is 12.5. The van der Waals surface area contributed by atoms with Gasteiger partial charge in [0.1, 0.15) is 5.69 Å². The first-order valence-corrected chi connectivity index (χ1v) is 13.2. The molecule has 0 aliphatic rings. The highest BCUT2D eigenvalue weighted by Gasteiger charge is 2.31. The second-order valence-electron chi connectivity index (χ2n) is 12.0. The number of para-hydroxylation sites is 2. The van der Waals surface area contributed by atoms with E-state index in [1.54, 1.807) is 0 Å². The quantitative estimate of drug-likeness (QED) is 0.259. The molecule has 0 aliphatic heterocycles. The fourth-order valence-corrected chi connectivity index (χ4v) is 5.36. The summed E-state index contributed by atoms with van der Waals surface area (Å²) in [5, 5.41) is 0. The molecule has 0 bridgehead atoms. The van der Waals surface area contributed by atoms with Crippen LogP contribution in [0.4, 0.5) is 0 Å². The number of imidazole rings is 1. The molecule has 1 aromatic heterocycles. The lowest BCUT2D eigenvalue weighted by atomic mass is 9.85. The summed E-state index contributed by atoms with van der Waals surface area (Å²) in [6.45, 7) is 20.8. The molecule has 4 rings (SSSR count). The average Bonchev–Trinajstić information content (AvgIpc) is 3.10. The average molecular weight is 468 g/mol. The standard InChI is InChI=1S/C33H43N2/c1-21(2)27-19-25(24-15-17-26(18-16-24)33(7,8)9)20-28(22(3)4)31(27)35-30-14-12-11-13-29(30)34(10)32(35)23(5)6/h11-23H,1-10H3/q+1. The van der Waals surface area contributed by atoms with Gasteiger partial charge in [0.05, 0.1) is 13.0 Å². The zero-order chi connectivity index (χ0) is 25.7. The van der Waals surface area contributed by atoms with Gasteiger partial charge in [-0.2, -0.15) is 4.57 Å². The topological polar surface area (TPSA) is 8.81 Å². The molecule has 0 unspecified atom stereocenters. The minimum absolute atomic E-state index is 0.160. The number of aryl methyl sites for hydroxylation is 1. The Hall–Kier alpha value is -2.87. The van der Waals surface area contributed by atoms with Crippen LogP contribution in [0, 0.1) is 0 Å². The summed E-state index contributed by atoms with van der Waals surface area (Å²) < 4.78 is 4.94. The van der Waals surface area contributed by atoms with E-state index >= 15 is 0 Å². The number of fused-ring (bicyclic) bond motifs is 1. The van der Waals surface area contributed by atoms with Crippen LogP contribution in [-0.2, 0) is 12.5 Å². The monoisotopic (exact) mass is 467 g/mol. The van der Waals surface area contributed by atoms with Crippen LogP contribution in [0.1, 0.15) is 103 Å². The van der Waals surface area contributed by atoms with Gasteiger partial charge in [0.25, 0.3) is 5.82 Å². The highest BCUT2D eigenvalue weighted by Crippen LogP contribution is 2.39. The Morgan fingerprint density at radius 3 is 1.71 bits per heavy atom. The van der Waals surface area contributed by atoms with E-state index < -0.39 is 0 Å². The third kappa shape index (κ3) is 4.56. The molecule has 0 fully saturated rings. The molecule has 2 nitrogen and oxygen atoms in total. The van der Waals surface area contributed by atoms with Gasteiger partial charge in [0.2, 0.25) is 0 Å². The first-order chi connectivity index (χ1) is 16.4. The molecule has 1 heterocycles. The molecule has 0 saturated heterocycles. The predicted molar refractivity (Wildman–Crippen MR) is 151 cm³/mol. The van der Waals surface area contributed by atoms with Crippen molar-refractivity contribution in [3.05, 3.63) is 83.2 Å². The predicted octanol–water partition coefficient (Wildman–Crippen LogP) is 8.79. The Kier molecular flexibility index (Phi) is 6.70. The van der Waals surface area contributed by atoms with Crippen LogP contribution in [-0.4, -0.2) is 4.57 Å². The van der Waals surface area contributed by atoms with Gasteiger partial charge in [0, 0.05) is 11.1 Å². The molecule has 2 heteroatoms. The van der Waals surface area contributed by atoms with Crippen LogP contribution in [0.3, 0.4) is 0 Å². The van der Waals surface area contributed by atoms with Gasteiger partial charge >= 0.3 is 0 Å². The fraction of sp³-hybridized carbons (Fsp3) is 0.424. The SMILES string of the molecule is CC(C)c1cc(-c2ccc(C(C)(C)C)cc2)cc(C(C)C)c1-n1c(C(C)C)[n+](C)c2ccccc21. The van der Waals surface area contributed by atoms with Gasteiger partial charge in [-0.25, -0.2) is 4.57 Å². The lowest BCUT2D eigenvalue weighted by Gasteiger charge is -2.22. The first-order valence-electron chi connectivity index (χ1n) is 13.2. The Labute approximate surface area is 212 Å².